The summed E-state index contributed by atoms with van der Waals surface area (Å²) in [6, 6.07) is 18.4. The number of benzene rings is 2. The predicted molar refractivity (Wildman–Crippen MR) is 127 cm³/mol. The Balaban J connectivity index is 1.49. The van der Waals surface area contributed by atoms with Gasteiger partial charge < -0.3 is 10.2 Å². The molecule has 3 N–H and O–H groups in total. The average molecular weight is 435 g/mol. The first-order valence-corrected chi connectivity index (χ1v) is 11.5. The van der Waals surface area contributed by atoms with Crippen LogP contribution in [0.5, 0.6) is 0 Å². The zero-order valence-corrected chi connectivity index (χ0v) is 19.2. The molecule has 2 amide bonds. The Morgan fingerprint density at radius 1 is 1.03 bits per heavy atom. The number of hydrogen-bond acceptors (Lipinski definition) is 4. The maximum absolute atomic E-state index is 13.3. The topological polar surface area (TPSA) is 73.5 Å². The predicted octanol–water partition coefficient (Wildman–Crippen LogP) is 2.75. The van der Waals surface area contributed by atoms with Gasteiger partial charge in [0.05, 0.1) is 5.92 Å². The van der Waals surface area contributed by atoms with Crippen LogP contribution in [0, 0.1) is 11.3 Å². The van der Waals surface area contributed by atoms with E-state index < -0.39 is 0 Å². The quantitative estimate of drug-likeness (QED) is 0.692. The van der Waals surface area contributed by atoms with Crippen molar-refractivity contribution >= 4 is 11.8 Å². The zero-order chi connectivity index (χ0) is 22.7. The van der Waals surface area contributed by atoms with Crippen molar-refractivity contribution in [2.75, 3.05) is 19.6 Å². The van der Waals surface area contributed by atoms with Gasteiger partial charge in [0.2, 0.25) is 11.8 Å². The maximum Gasteiger partial charge on any atom is 0.241 e. The first-order chi connectivity index (χ1) is 15.3. The molecule has 0 spiro atoms. The lowest BCUT2D eigenvalue weighted by Crippen LogP contribution is -2.48. The van der Waals surface area contributed by atoms with E-state index in [0.29, 0.717) is 26.1 Å². The highest BCUT2D eigenvalue weighted by Gasteiger charge is 2.39. The lowest BCUT2D eigenvalue weighted by molar-refractivity contribution is -0.134. The molecule has 2 aromatic carbocycles. The SMILES string of the molecule is CC(C)(C)C1CC(C(=O)N2CCNC(=O)C(Cc3ccccc3-c3ccccc3)C2)NN1. The minimum Gasteiger partial charge on any atom is -0.354 e. The van der Waals surface area contributed by atoms with Gasteiger partial charge in [-0.05, 0) is 34.9 Å². The van der Waals surface area contributed by atoms with E-state index in [1.165, 1.54) is 0 Å². The van der Waals surface area contributed by atoms with Crippen LogP contribution in [-0.2, 0) is 16.0 Å². The number of hydrazine groups is 1. The number of rotatable bonds is 4. The maximum atomic E-state index is 13.3. The van der Waals surface area contributed by atoms with Gasteiger partial charge in [0, 0.05) is 25.7 Å². The molecule has 3 unspecified atom stereocenters. The molecule has 2 saturated heterocycles. The Bertz CT molecular complexity index is 954. The van der Waals surface area contributed by atoms with Crippen molar-refractivity contribution in [2.24, 2.45) is 11.3 Å². The van der Waals surface area contributed by atoms with Gasteiger partial charge in [-0.15, -0.1) is 0 Å². The molecule has 2 aliphatic heterocycles. The summed E-state index contributed by atoms with van der Waals surface area (Å²) in [5.41, 5.74) is 9.95. The standard InChI is InChI=1S/C26H34N4O2/c1-26(2,3)23-16-22(28-29-23)25(32)30-14-13-27-24(31)20(17-30)15-19-11-7-8-12-21(19)18-9-5-4-6-10-18/h4-12,20,22-23,28-29H,13-17H2,1-3H3,(H,27,31). The van der Waals surface area contributed by atoms with Crippen molar-refractivity contribution in [1.82, 2.24) is 21.1 Å². The smallest absolute Gasteiger partial charge is 0.241 e. The van der Waals surface area contributed by atoms with Crippen molar-refractivity contribution in [3.63, 3.8) is 0 Å². The molecule has 2 fully saturated rings. The summed E-state index contributed by atoms with van der Waals surface area (Å²) in [6.07, 6.45) is 1.35. The van der Waals surface area contributed by atoms with Gasteiger partial charge in [-0.2, -0.15) is 0 Å². The van der Waals surface area contributed by atoms with Crippen molar-refractivity contribution in [3.8, 4) is 11.1 Å². The first-order valence-electron chi connectivity index (χ1n) is 11.5. The van der Waals surface area contributed by atoms with Gasteiger partial charge >= 0.3 is 0 Å². The molecule has 0 radical (unpaired) electrons. The fourth-order valence-electron chi connectivity index (χ4n) is 4.63. The Morgan fingerprint density at radius 2 is 1.75 bits per heavy atom. The molecule has 0 aliphatic carbocycles. The van der Waals surface area contributed by atoms with Gasteiger partial charge in [0.15, 0.2) is 0 Å². The van der Waals surface area contributed by atoms with E-state index in [4.69, 9.17) is 0 Å². The van der Waals surface area contributed by atoms with Gasteiger partial charge in [-0.1, -0.05) is 75.4 Å². The third kappa shape index (κ3) is 5.03. The molecule has 170 valence electrons. The summed E-state index contributed by atoms with van der Waals surface area (Å²) in [5.74, 6) is -0.186. The van der Waals surface area contributed by atoms with Crippen molar-refractivity contribution in [3.05, 3.63) is 60.2 Å². The van der Waals surface area contributed by atoms with Crippen LogP contribution in [0.15, 0.2) is 54.6 Å². The Hall–Kier alpha value is -2.70. The Kier molecular flexibility index (Phi) is 6.63. The number of amides is 2. The first kappa shape index (κ1) is 22.5. The number of nitrogens with one attached hydrogen (secondary N) is 3. The van der Waals surface area contributed by atoms with Crippen LogP contribution >= 0.6 is 0 Å². The summed E-state index contributed by atoms with van der Waals surface area (Å²) in [4.78, 5) is 28.0. The van der Waals surface area contributed by atoms with E-state index in [1.807, 2.05) is 35.2 Å². The van der Waals surface area contributed by atoms with E-state index in [1.54, 1.807) is 0 Å². The second kappa shape index (κ2) is 9.43. The van der Waals surface area contributed by atoms with Gasteiger partial charge in [0.1, 0.15) is 6.04 Å². The summed E-state index contributed by atoms with van der Waals surface area (Å²) >= 11 is 0. The van der Waals surface area contributed by atoms with Crippen LogP contribution in [0.1, 0.15) is 32.8 Å². The summed E-state index contributed by atoms with van der Waals surface area (Å²) < 4.78 is 0. The van der Waals surface area contributed by atoms with Crippen LogP contribution in [-0.4, -0.2) is 48.4 Å². The largest absolute Gasteiger partial charge is 0.354 e. The lowest BCUT2D eigenvalue weighted by Gasteiger charge is -2.27. The summed E-state index contributed by atoms with van der Waals surface area (Å²) in [6.45, 7) is 7.99. The summed E-state index contributed by atoms with van der Waals surface area (Å²) in [7, 11) is 0. The molecule has 2 aliphatic rings. The van der Waals surface area contributed by atoms with E-state index in [-0.39, 0.29) is 35.2 Å². The van der Waals surface area contributed by atoms with Gasteiger partial charge in [0.25, 0.3) is 0 Å². The van der Waals surface area contributed by atoms with E-state index >= 15 is 0 Å². The average Bonchev–Trinajstić information content (AvgIpc) is 3.22. The number of nitrogens with zero attached hydrogens (tertiary/aromatic N) is 1. The molecule has 4 rings (SSSR count). The molecule has 6 heteroatoms. The Labute approximate surface area is 190 Å². The fourth-order valence-corrected chi connectivity index (χ4v) is 4.63. The van der Waals surface area contributed by atoms with E-state index in [2.05, 4.69) is 61.2 Å². The molecule has 2 heterocycles. The van der Waals surface area contributed by atoms with Crippen LogP contribution < -0.4 is 16.2 Å². The lowest BCUT2D eigenvalue weighted by atomic mass is 9.84. The number of carbonyl (C=O) groups is 2. The van der Waals surface area contributed by atoms with Crippen LogP contribution in [0.4, 0.5) is 0 Å². The normalized spacial score (nSPS) is 24.2. The molecule has 2 aromatic rings. The van der Waals surface area contributed by atoms with E-state index in [9.17, 15) is 9.59 Å². The minimum atomic E-state index is -0.279. The molecule has 6 nitrogen and oxygen atoms in total. The molecular weight excluding hydrogens is 400 g/mol. The highest BCUT2D eigenvalue weighted by molar-refractivity contribution is 5.85. The monoisotopic (exact) mass is 434 g/mol. The van der Waals surface area contributed by atoms with Crippen LogP contribution in [0.3, 0.4) is 0 Å². The molecular formula is C26H34N4O2. The molecule has 32 heavy (non-hydrogen) atoms. The number of hydrogen-bond donors (Lipinski definition) is 3. The third-order valence-electron chi connectivity index (χ3n) is 6.62. The minimum absolute atomic E-state index is 0.0215. The third-order valence-corrected chi connectivity index (χ3v) is 6.62. The Morgan fingerprint density at radius 3 is 2.47 bits per heavy atom. The second-order valence-corrected chi connectivity index (χ2v) is 10.00. The van der Waals surface area contributed by atoms with Crippen LogP contribution in [0.2, 0.25) is 0 Å². The molecule has 0 aromatic heterocycles. The fraction of sp³-hybridized carbons (Fsp3) is 0.462. The highest BCUT2D eigenvalue weighted by atomic mass is 16.2. The summed E-state index contributed by atoms with van der Waals surface area (Å²) in [5, 5.41) is 3.01. The molecule has 0 bridgehead atoms. The van der Waals surface area contributed by atoms with Crippen molar-refractivity contribution < 1.29 is 9.59 Å². The van der Waals surface area contributed by atoms with Crippen LogP contribution in [0.25, 0.3) is 11.1 Å². The van der Waals surface area contributed by atoms with Gasteiger partial charge in [-0.25, -0.2) is 5.43 Å². The molecule has 0 saturated carbocycles. The van der Waals surface area contributed by atoms with Crippen molar-refractivity contribution in [2.45, 2.75) is 45.7 Å². The highest BCUT2D eigenvalue weighted by Crippen LogP contribution is 2.28. The second-order valence-electron chi connectivity index (χ2n) is 10.00. The van der Waals surface area contributed by atoms with Crippen molar-refractivity contribution in [1.29, 1.82) is 0 Å². The zero-order valence-electron chi connectivity index (χ0n) is 19.2. The van der Waals surface area contributed by atoms with E-state index in [0.717, 1.165) is 23.1 Å². The number of carbonyl (C=O) groups excluding carboxylic acids is 2. The van der Waals surface area contributed by atoms with Gasteiger partial charge in [-0.3, -0.25) is 15.0 Å². The molecule has 3 atom stereocenters.